The maximum Gasteiger partial charge on any atom is 0.410 e. The van der Waals surface area contributed by atoms with Gasteiger partial charge in [0, 0.05) is 17.5 Å². The number of fused-ring (bicyclic) bond motifs is 2. The van der Waals surface area contributed by atoms with E-state index in [0.717, 1.165) is 4.68 Å². The third-order valence-electron chi connectivity index (χ3n) is 5.40. The first-order chi connectivity index (χ1) is 15.7. The van der Waals surface area contributed by atoms with E-state index in [9.17, 15) is 18.0 Å². The van der Waals surface area contributed by atoms with Gasteiger partial charge in [-0.05, 0) is 35.9 Å². The summed E-state index contributed by atoms with van der Waals surface area (Å²) in [5.74, 6) is 0.345. The van der Waals surface area contributed by atoms with Crippen LogP contribution in [0.3, 0.4) is 0 Å². The SMILES string of the molecule is O=C(Nc1cc(Cl)ccc1Cl)c1cc2n(n1)[C@@H](C(F)(F)F)C[C@H](c1ccc3c(c1)OCO3)N2. The van der Waals surface area contributed by atoms with Gasteiger partial charge in [0.1, 0.15) is 5.82 Å². The minimum Gasteiger partial charge on any atom is -0.454 e. The van der Waals surface area contributed by atoms with E-state index in [2.05, 4.69) is 15.7 Å². The van der Waals surface area contributed by atoms with Crippen molar-refractivity contribution in [2.75, 3.05) is 17.4 Å². The van der Waals surface area contributed by atoms with Crippen molar-refractivity contribution in [1.82, 2.24) is 9.78 Å². The van der Waals surface area contributed by atoms with Crippen molar-refractivity contribution < 1.29 is 27.4 Å². The predicted molar refractivity (Wildman–Crippen MR) is 115 cm³/mol. The molecule has 12 heteroatoms. The number of amides is 1. The van der Waals surface area contributed by atoms with Gasteiger partial charge in [0.25, 0.3) is 5.91 Å². The van der Waals surface area contributed by atoms with Crippen molar-refractivity contribution in [3.8, 4) is 11.5 Å². The van der Waals surface area contributed by atoms with Gasteiger partial charge in [0.15, 0.2) is 23.2 Å². The van der Waals surface area contributed by atoms with Crippen LogP contribution in [0.2, 0.25) is 10.0 Å². The molecular weight excluding hydrogens is 484 g/mol. The average molecular weight is 499 g/mol. The minimum absolute atomic E-state index is 0.0595. The summed E-state index contributed by atoms with van der Waals surface area (Å²) < 4.78 is 53.1. The maximum absolute atomic E-state index is 13.9. The molecule has 0 bridgehead atoms. The van der Waals surface area contributed by atoms with Crippen molar-refractivity contribution >= 4 is 40.6 Å². The second-order valence-electron chi connectivity index (χ2n) is 7.54. The van der Waals surface area contributed by atoms with Crippen molar-refractivity contribution in [1.29, 1.82) is 0 Å². The smallest absolute Gasteiger partial charge is 0.410 e. The average Bonchev–Trinajstić information content (AvgIpc) is 3.41. The van der Waals surface area contributed by atoms with Crippen molar-refractivity contribution in [2.45, 2.75) is 24.7 Å². The summed E-state index contributed by atoms with van der Waals surface area (Å²) in [7, 11) is 0. The van der Waals surface area contributed by atoms with E-state index < -0.39 is 24.2 Å². The van der Waals surface area contributed by atoms with E-state index in [-0.39, 0.29) is 35.4 Å². The first-order valence-electron chi connectivity index (χ1n) is 9.78. The van der Waals surface area contributed by atoms with Gasteiger partial charge in [-0.2, -0.15) is 18.3 Å². The van der Waals surface area contributed by atoms with Crippen LogP contribution in [-0.4, -0.2) is 28.7 Å². The number of anilines is 2. The summed E-state index contributed by atoms with van der Waals surface area (Å²) >= 11 is 12.0. The Morgan fingerprint density at radius 2 is 1.91 bits per heavy atom. The number of alkyl halides is 3. The Balaban J connectivity index is 1.45. The van der Waals surface area contributed by atoms with Crippen molar-refractivity contribution in [3.05, 3.63) is 63.8 Å². The molecule has 0 unspecified atom stereocenters. The molecule has 2 N–H and O–H groups in total. The summed E-state index contributed by atoms with van der Waals surface area (Å²) in [5, 5.41) is 10.1. The summed E-state index contributed by atoms with van der Waals surface area (Å²) in [5.41, 5.74) is 0.616. The fraction of sp³-hybridized carbons (Fsp3) is 0.238. The number of nitrogens with one attached hydrogen (secondary N) is 2. The quantitative estimate of drug-likeness (QED) is 0.474. The van der Waals surface area contributed by atoms with Gasteiger partial charge in [0.2, 0.25) is 6.79 Å². The first-order valence-corrected chi connectivity index (χ1v) is 10.5. The lowest BCUT2D eigenvalue weighted by Crippen LogP contribution is -2.35. The highest BCUT2D eigenvalue weighted by molar-refractivity contribution is 6.35. The highest BCUT2D eigenvalue weighted by atomic mass is 35.5. The molecule has 5 rings (SSSR count). The van der Waals surface area contributed by atoms with Crippen LogP contribution in [0.5, 0.6) is 11.5 Å². The van der Waals surface area contributed by atoms with Crippen molar-refractivity contribution in [2.24, 2.45) is 0 Å². The Kier molecular flexibility index (Phi) is 5.29. The molecular formula is C21H15Cl2F3N4O3. The third-order valence-corrected chi connectivity index (χ3v) is 5.96. The highest BCUT2D eigenvalue weighted by Crippen LogP contribution is 2.45. The zero-order valence-electron chi connectivity index (χ0n) is 16.6. The van der Waals surface area contributed by atoms with Crippen LogP contribution in [0.1, 0.15) is 34.6 Å². The summed E-state index contributed by atoms with van der Waals surface area (Å²) in [4.78, 5) is 12.7. The monoisotopic (exact) mass is 498 g/mol. The van der Waals surface area contributed by atoms with Gasteiger partial charge < -0.3 is 20.1 Å². The molecule has 0 saturated carbocycles. The molecule has 0 aliphatic carbocycles. The number of halogens is 5. The van der Waals surface area contributed by atoms with E-state index in [4.69, 9.17) is 32.7 Å². The molecule has 1 amide bonds. The largest absolute Gasteiger partial charge is 0.454 e. The number of benzene rings is 2. The van der Waals surface area contributed by atoms with E-state index in [1.165, 1.54) is 18.2 Å². The standard InChI is InChI=1S/C21H15Cl2F3N4O3/c22-11-2-3-12(23)14(6-11)28-20(31)15-8-19-27-13(7-18(21(24,25)26)30(19)29-15)10-1-4-16-17(5-10)33-9-32-16/h1-6,8,13,18,27H,7,9H2,(H,28,31)/t13-,18-/m1/s1. The topological polar surface area (TPSA) is 77.4 Å². The van der Waals surface area contributed by atoms with Crippen LogP contribution in [0.25, 0.3) is 0 Å². The molecule has 0 radical (unpaired) electrons. The zero-order chi connectivity index (χ0) is 23.3. The lowest BCUT2D eigenvalue weighted by atomic mass is 9.96. The lowest BCUT2D eigenvalue weighted by molar-refractivity contribution is -0.173. The number of carbonyl (C=O) groups excluding carboxylic acids is 1. The van der Waals surface area contributed by atoms with E-state index >= 15 is 0 Å². The third kappa shape index (κ3) is 4.16. The van der Waals surface area contributed by atoms with Crippen LogP contribution in [0, 0.1) is 0 Å². The van der Waals surface area contributed by atoms with Gasteiger partial charge in [-0.15, -0.1) is 0 Å². The van der Waals surface area contributed by atoms with Crippen LogP contribution >= 0.6 is 23.2 Å². The summed E-state index contributed by atoms with van der Waals surface area (Å²) in [6, 6.07) is 8.11. The van der Waals surface area contributed by atoms with E-state index in [1.54, 1.807) is 24.3 Å². The summed E-state index contributed by atoms with van der Waals surface area (Å²) in [6.07, 6.45) is -4.90. The molecule has 0 fully saturated rings. The van der Waals surface area contributed by atoms with Gasteiger partial charge in [-0.25, -0.2) is 4.68 Å². The molecule has 0 saturated heterocycles. The Bertz CT molecular complexity index is 1250. The fourth-order valence-electron chi connectivity index (χ4n) is 3.81. The molecule has 2 atom stereocenters. The second-order valence-corrected chi connectivity index (χ2v) is 8.38. The van der Waals surface area contributed by atoms with Gasteiger partial charge >= 0.3 is 6.18 Å². The Morgan fingerprint density at radius 3 is 2.70 bits per heavy atom. The van der Waals surface area contributed by atoms with Gasteiger partial charge in [-0.3, -0.25) is 4.79 Å². The minimum atomic E-state index is -4.58. The Hall–Kier alpha value is -3.11. The molecule has 1 aromatic heterocycles. The predicted octanol–water partition coefficient (Wildman–Crippen LogP) is 5.83. The Labute approximate surface area is 195 Å². The highest BCUT2D eigenvalue weighted by Gasteiger charge is 2.47. The fourth-order valence-corrected chi connectivity index (χ4v) is 4.15. The van der Waals surface area contributed by atoms with Crippen molar-refractivity contribution in [3.63, 3.8) is 0 Å². The van der Waals surface area contributed by atoms with Crippen LogP contribution < -0.4 is 20.1 Å². The Morgan fingerprint density at radius 1 is 1.12 bits per heavy atom. The number of rotatable bonds is 3. The van der Waals surface area contributed by atoms with Gasteiger partial charge in [-0.1, -0.05) is 29.3 Å². The first kappa shape index (κ1) is 21.7. The number of carbonyl (C=O) groups is 1. The number of hydrogen-bond acceptors (Lipinski definition) is 5. The normalized spacial score (nSPS) is 19.1. The van der Waals surface area contributed by atoms with Gasteiger partial charge in [0.05, 0.1) is 16.8 Å². The zero-order valence-corrected chi connectivity index (χ0v) is 18.1. The molecule has 3 aromatic rings. The molecule has 3 heterocycles. The lowest BCUT2D eigenvalue weighted by Gasteiger charge is -2.33. The molecule has 33 heavy (non-hydrogen) atoms. The molecule has 7 nitrogen and oxygen atoms in total. The summed E-state index contributed by atoms with van der Waals surface area (Å²) in [6.45, 7) is 0.0595. The molecule has 2 aromatic carbocycles. The van der Waals surface area contributed by atoms with Crippen LogP contribution in [0.4, 0.5) is 24.7 Å². The number of aromatic nitrogens is 2. The number of nitrogens with zero attached hydrogens (tertiary/aromatic N) is 2. The van der Waals surface area contributed by atoms with E-state index in [0.29, 0.717) is 22.1 Å². The molecule has 172 valence electrons. The molecule has 2 aliphatic heterocycles. The second kappa shape index (κ2) is 8.03. The van der Waals surface area contributed by atoms with Crippen LogP contribution in [0.15, 0.2) is 42.5 Å². The van der Waals surface area contributed by atoms with Crippen LogP contribution in [-0.2, 0) is 0 Å². The van der Waals surface area contributed by atoms with E-state index in [1.807, 2.05) is 0 Å². The maximum atomic E-state index is 13.9. The number of ether oxygens (including phenoxy) is 2. The number of hydrogen-bond donors (Lipinski definition) is 2. The molecule has 0 spiro atoms. The molecule has 2 aliphatic rings.